The average molecular weight is 203 g/mol. The fourth-order valence-electron chi connectivity index (χ4n) is 1.86. The molecule has 0 aliphatic carbocycles. The highest BCUT2D eigenvalue weighted by Crippen LogP contribution is 2.17. The zero-order valence-electron chi connectivity index (χ0n) is 9.27. The Hall–Kier alpha value is -1.28. The van der Waals surface area contributed by atoms with E-state index in [4.69, 9.17) is 0 Å². The minimum atomic E-state index is -0.212. The molecule has 2 aromatic rings. The largest absolute Gasteiger partial charge is 0.393 e. The molecule has 15 heavy (non-hydrogen) atoms. The van der Waals surface area contributed by atoms with Gasteiger partial charge in [0.2, 0.25) is 0 Å². The number of nitrogens with zero attached hydrogens (tertiary/aromatic N) is 1. The van der Waals surface area contributed by atoms with Crippen LogP contribution in [-0.2, 0) is 13.5 Å². The number of aryl methyl sites for hydroxylation is 2. The fourth-order valence-corrected chi connectivity index (χ4v) is 1.86. The highest BCUT2D eigenvalue weighted by atomic mass is 16.3. The second kappa shape index (κ2) is 4.07. The van der Waals surface area contributed by atoms with Crippen molar-refractivity contribution < 1.29 is 5.11 Å². The monoisotopic (exact) mass is 203 g/mol. The molecule has 1 aromatic carbocycles. The van der Waals surface area contributed by atoms with Gasteiger partial charge in [0.1, 0.15) is 0 Å². The maximum absolute atomic E-state index is 9.23. The number of benzene rings is 1. The van der Waals surface area contributed by atoms with E-state index >= 15 is 0 Å². The van der Waals surface area contributed by atoms with Crippen LogP contribution in [0.25, 0.3) is 10.9 Å². The quantitative estimate of drug-likeness (QED) is 0.814. The van der Waals surface area contributed by atoms with Crippen molar-refractivity contribution in [2.24, 2.45) is 7.05 Å². The Morgan fingerprint density at radius 1 is 1.33 bits per heavy atom. The molecule has 1 aromatic heterocycles. The third-order valence-electron chi connectivity index (χ3n) is 2.80. The Kier molecular flexibility index (Phi) is 2.78. The van der Waals surface area contributed by atoms with Crippen molar-refractivity contribution >= 4 is 10.9 Å². The minimum Gasteiger partial charge on any atom is -0.393 e. The summed E-state index contributed by atoms with van der Waals surface area (Å²) in [5.41, 5.74) is 2.56. The van der Waals surface area contributed by atoms with E-state index in [9.17, 15) is 5.11 Å². The first-order valence-corrected chi connectivity index (χ1v) is 5.39. The lowest BCUT2D eigenvalue weighted by Gasteiger charge is -2.04. The van der Waals surface area contributed by atoms with Crippen molar-refractivity contribution in [3.8, 4) is 0 Å². The van der Waals surface area contributed by atoms with Crippen LogP contribution in [0.5, 0.6) is 0 Å². The van der Waals surface area contributed by atoms with Gasteiger partial charge in [-0.3, -0.25) is 0 Å². The normalized spacial score (nSPS) is 13.3. The van der Waals surface area contributed by atoms with Crippen molar-refractivity contribution in [2.75, 3.05) is 0 Å². The predicted octanol–water partition coefficient (Wildman–Crippen LogP) is 2.49. The molecule has 0 bridgehead atoms. The van der Waals surface area contributed by atoms with Crippen molar-refractivity contribution in [3.63, 3.8) is 0 Å². The summed E-state index contributed by atoms with van der Waals surface area (Å²) >= 11 is 0. The highest BCUT2D eigenvalue weighted by Gasteiger charge is 2.01. The second-order valence-corrected chi connectivity index (χ2v) is 4.21. The van der Waals surface area contributed by atoms with Crippen LogP contribution in [0.4, 0.5) is 0 Å². The van der Waals surface area contributed by atoms with Crippen molar-refractivity contribution in [1.82, 2.24) is 4.57 Å². The van der Waals surface area contributed by atoms with E-state index in [1.807, 2.05) is 6.92 Å². The van der Waals surface area contributed by atoms with E-state index in [2.05, 4.69) is 42.1 Å². The van der Waals surface area contributed by atoms with E-state index in [0.29, 0.717) is 0 Å². The highest BCUT2D eigenvalue weighted by molar-refractivity contribution is 5.80. The number of hydrogen-bond donors (Lipinski definition) is 1. The van der Waals surface area contributed by atoms with Crippen LogP contribution in [0.2, 0.25) is 0 Å². The summed E-state index contributed by atoms with van der Waals surface area (Å²) in [6.07, 6.45) is 3.64. The van der Waals surface area contributed by atoms with E-state index < -0.39 is 0 Å². The van der Waals surface area contributed by atoms with Crippen LogP contribution in [-0.4, -0.2) is 15.8 Å². The molecular formula is C13H17NO. The zero-order chi connectivity index (χ0) is 10.8. The lowest BCUT2D eigenvalue weighted by molar-refractivity contribution is 0.185. The molecule has 1 N–H and O–H groups in total. The van der Waals surface area contributed by atoms with Crippen LogP contribution in [0, 0.1) is 0 Å². The lowest BCUT2D eigenvalue weighted by atomic mass is 10.1. The Morgan fingerprint density at radius 3 is 2.87 bits per heavy atom. The molecule has 2 nitrogen and oxygen atoms in total. The number of fused-ring (bicyclic) bond motifs is 1. The Balaban J connectivity index is 2.23. The second-order valence-electron chi connectivity index (χ2n) is 4.21. The van der Waals surface area contributed by atoms with Crippen molar-refractivity contribution in [3.05, 3.63) is 36.0 Å². The maximum Gasteiger partial charge on any atom is 0.0515 e. The van der Waals surface area contributed by atoms with Crippen LogP contribution in [0.15, 0.2) is 30.5 Å². The molecule has 2 heteroatoms. The zero-order valence-corrected chi connectivity index (χ0v) is 9.27. The molecule has 80 valence electrons. The number of aromatic nitrogens is 1. The first-order chi connectivity index (χ1) is 7.16. The molecule has 0 aliphatic rings. The van der Waals surface area contributed by atoms with Gasteiger partial charge in [-0.1, -0.05) is 6.07 Å². The van der Waals surface area contributed by atoms with Gasteiger partial charge in [0.25, 0.3) is 0 Å². The summed E-state index contributed by atoms with van der Waals surface area (Å²) < 4.78 is 2.12. The number of hydrogen-bond acceptors (Lipinski definition) is 1. The summed E-state index contributed by atoms with van der Waals surface area (Å²) in [6, 6.07) is 8.62. The third-order valence-corrected chi connectivity index (χ3v) is 2.80. The first kappa shape index (κ1) is 10.2. The Morgan fingerprint density at radius 2 is 2.13 bits per heavy atom. The molecule has 0 spiro atoms. The summed E-state index contributed by atoms with van der Waals surface area (Å²) in [5.74, 6) is 0. The summed E-state index contributed by atoms with van der Waals surface area (Å²) in [5, 5.41) is 10.5. The van der Waals surface area contributed by atoms with Gasteiger partial charge in [0.05, 0.1) is 6.10 Å². The van der Waals surface area contributed by atoms with Gasteiger partial charge in [-0.2, -0.15) is 0 Å². The minimum absolute atomic E-state index is 0.212. The van der Waals surface area contributed by atoms with Crippen molar-refractivity contribution in [1.29, 1.82) is 0 Å². The van der Waals surface area contributed by atoms with E-state index in [1.165, 1.54) is 16.5 Å². The van der Waals surface area contributed by atoms with E-state index in [1.54, 1.807) is 0 Å². The van der Waals surface area contributed by atoms with Gasteiger partial charge in [0.15, 0.2) is 0 Å². The number of aliphatic hydroxyl groups excluding tert-OH is 1. The SMILES string of the molecule is C[C@@H](O)CCc1ccc2c(ccn2C)c1. The van der Waals surface area contributed by atoms with Gasteiger partial charge in [-0.25, -0.2) is 0 Å². The summed E-state index contributed by atoms with van der Waals surface area (Å²) in [7, 11) is 2.05. The molecule has 0 unspecified atom stereocenters. The topological polar surface area (TPSA) is 25.2 Å². The molecule has 1 atom stereocenters. The van der Waals surface area contributed by atoms with Gasteiger partial charge in [0, 0.05) is 18.8 Å². The van der Waals surface area contributed by atoms with Gasteiger partial charge < -0.3 is 9.67 Å². The van der Waals surface area contributed by atoms with E-state index in [-0.39, 0.29) is 6.10 Å². The molecular weight excluding hydrogens is 186 g/mol. The Bertz CT molecular complexity index is 457. The molecule has 2 rings (SSSR count). The van der Waals surface area contributed by atoms with Crippen LogP contribution >= 0.6 is 0 Å². The van der Waals surface area contributed by atoms with Crippen LogP contribution < -0.4 is 0 Å². The van der Waals surface area contributed by atoms with Gasteiger partial charge in [-0.05, 0) is 48.9 Å². The summed E-state index contributed by atoms with van der Waals surface area (Å²) in [6.45, 7) is 1.83. The fraction of sp³-hybridized carbons (Fsp3) is 0.385. The third kappa shape index (κ3) is 2.21. The van der Waals surface area contributed by atoms with Gasteiger partial charge >= 0.3 is 0 Å². The maximum atomic E-state index is 9.23. The molecule has 0 aliphatic heterocycles. The van der Waals surface area contributed by atoms with Crippen LogP contribution in [0.3, 0.4) is 0 Å². The Labute approximate surface area is 90.2 Å². The number of aliphatic hydroxyl groups is 1. The van der Waals surface area contributed by atoms with Gasteiger partial charge in [-0.15, -0.1) is 0 Å². The molecule has 0 amide bonds. The molecule has 0 saturated heterocycles. The predicted molar refractivity (Wildman–Crippen MR) is 62.9 cm³/mol. The summed E-state index contributed by atoms with van der Waals surface area (Å²) in [4.78, 5) is 0. The average Bonchev–Trinajstić information content (AvgIpc) is 2.57. The van der Waals surface area contributed by atoms with Crippen molar-refractivity contribution in [2.45, 2.75) is 25.9 Å². The smallest absolute Gasteiger partial charge is 0.0515 e. The molecule has 0 radical (unpaired) electrons. The van der Waals surface area contributed by atoms with Crippen LogP contribution in [0.1, 0.15) is 18.9 Å². The first-order valence-electron chi connectivity index (χ1n) is 5.39. The lowest BCUT2D eigenvalue weighted by Crippen LogP contribution is -2.01. The molecule has 0 saturated carbocycles. The number of rotatable bonds is 3. The molecule has 0 fully saturated rings. The van der Waals surface area contributed by atoms with E-state index in [0.717, 1.165) is 12.8 Å². The standard InChI is InChI=1S/C13H17NO/c1-10(15)3-4-11-5-6-13-12(9-11)7-8-14(13)2/h5-10,15H,3-4H2,1-2H3/t10-/m1/s1. The molecule has 1 heterocycles.